The van der Waals surface area contributed by atoms with E-state index in [1.807, 2.05) is 40.3 Å². The monoisotopic (exact) mass is 370 g/mol. The van der Waals surface area contributed by atoms with Crippen molar-refractivity contribution in [3.8, 4) is 0 Å². The van der Waals surface area contributed by atoms with Crippen molar-refractivity contribution in [2.45, 2.75) is 0 Å². The van der Waals surface area contributed by atoms with E-state index in [9.17, 15) is 0 Å². The van der Waals surface area contributed by atoms with Crippen molar-refractivity contribution in [2.75, 3.05) is 38.0 Å². The highest BCUT2D eigenvalue weighted by molar-refractivity contribution is 5.71. The summed E-state index contributed by atoms with van der Waals surface area (Å²) in [4.78, 5) is 13.1. The van der Waals surface area contributed by atoms with Gasteiger partial charge in [0, 0.05) is 39.6 Å². The third-order valence-corrected chi connectivity index (χ3v) is 4.38. The lowest BCUT2D eigenvalue weighted by Gasteiger charge is -2.11. The van der Waals surface area contributed by atoms with E-state index in [4.69, 9.17) is 0 Å². The molecule has 28 heavy (non-hydrogen) atoms. The zero-order valence-electron chi connectivity index (χ0n) is 16.9. The van der Waals surface area contributed by atoms with Crippen LogP contribution in [0.2, 0.25) is 0 Å². The maximum absolute atomic E-state index is 4.64. The molecule has 3 aromatic rings. The van der Waals surface area contributed by atoms with Gasteiger partial charge in [-0.2, -0.15) is 0 Å². The van der Waals surface area contributed by atoms with Crippen molar-refractivity contribution < 1.29 is 0 Å². The maximum atomic E-state index is 4.64. The van der Waals surface area contributed by atoms with E-state index in [0.29, 0.717) is 0 Å². The van der Waals surface area contributed by atoms with Crippen LogP contribution in [-0.4, -0.2) is 38.2 Å². The minimum atomic E-state index is 0.835. The molecule has 2 aromatic carbocycles. The van der Waals surface area contributed by atoms with Gasteiger partial charge in [0.15, 0.2) is 0 Å². The Kier molecular flexibility index (Phi) is 6.22. The number of rotatable bonds is 6. The van der Waals surface area contributed by atoms with Crippen LogP contribution >= 0.6 is 0 Å². The minimum Gasteiger partial charge on any atom is -0.378 e. The molecule has 0 amide bonds. The van der Waals surface area contributed by atoms with Gasteiger partial charge >= 0.3 is 0 Å². The van der Waals surface area contributed by atoms with Crippen LogP contribution in [0.25, 0.3) is 24.3 Å². The molecule has 0 aliphatic heterocycles. The topological polar surface area (TPSA) is 32.3 Å². The highest BCUT2D eigenvalue weighted by Crippen LogP contribution is 2.15. The molecule has 0 unspecified atom stereocenters. The van der Waals surface area contributed by atoms with E-state index in [1.165, 1.54) is 11.4 Å². The van der Waals surface area contributed by atoms with Gasteiger partial charge in [-0.3, -0.25) is 4.98 Å². The summed E-state index contributed by atoms with van der Waals surface area (Å²) in [6, 6.07) is 16.8. The largest absolute Gasteiger partial charge is 0.378 e. The van der Waals surface area contributed by atoms with Crippen molar-refractivity contribution in [3.63, 3.8) is 0 Å². The van der Waals surface area contributed by atoms with Gasteiger partial charge in [-0.15, -0.1) is 0 Å². The number of hydrogen-bond donors (Lipinski definition) is 0. The van der Waals surface area contributed by atoms with Gasteiger partial charge in [-0.25, -0.2) is 4.98 Å². The van der Waals surface area contributed by atoms with Crippen LogP contribution in [-0.2, 0) is 0 Å². The van der Waals surface area contributed by atoms with Crippen molar-refractivity contribution in [2.24, 2.45) is 0 Å². The number of anilines is 2. The van der Waals surface area contributed by atoms with Crippen LogP contribution in [0.3, 0.4) is 0 Å². The number of nitrogens with zero attached hydrogens (tertiary/aromatic N) is 4. The summed E-state index contributed by atoms with van der Waals surface area (Å²) in [6.07, 6.45) is 11.6. The predicted octanol–water partition coefficient (Wildman–Crippen LogP) is 4.95. The van der Waals surface area contributed by atoms with Gasteiger partial charge in [0.2, 0.25) is 0 Å². The molecule has 3 rings (SSSR count). The van der Waals surface area contributed by atoms with Gasteiger partial charge in [-0.05, 0) is 47.5 Å². The van der Waals surface area contributed by atoms with Gasteiger partial charge in [0.25, 0.3) is 0 Å². The summed E-state index contributed by atoms with van der Waals surface area (Å²) < 4.78 is 0. The maximum Gasteiger partial charge on any atom is 0.0820 e. The number of hydrogen-bond acceptors (Lipinski definition) is 4. The second-order valence-electron chi connectivity index (χ2n) is 7.01. The van der Waals surface area contributed by atoms with E-state index in [2.05, 4.69) is 80.5 Å². The van der Waals surface area contributed by atoms with Crippen LogP contribution in [0.4, 0.5) is 11.4 Å². The van der Waals surface area contributed by atoms with Crippen LogP contribution in [0, 0.1) is 0 Å². The molecule has 0 aliphatic rings. The highest BCUT2D eigenvalue weighted by Gasteiger charge is 1.97. The predicted molar refractivity (Wildman–Crippen MR) is 121 cm³/mol. The van der Waals surface area contributed by atoms with Crippen LogP contribution in [0.1, 0.15) is 22.5 Å². The molecule has 0 bridgehead atoms. The van der Waals surface area contributed by atoms with Gasteiger partial charge < -0.3 is 9.80 Å². The smallest absolute Gasteiger partial charge is 0.0820 e. The second-order valence-corrected chi connectivity index (χ2v) is 7.01. The average molecular weight is 371 g/mol. The Hall–Kier alpha value is -3.40. The third-order valence-electron chi connectivity index (χ3n) is 4.38. The van der Waals surface area contributed by atoms with Crippen molar-refractivity contribution in [1.82, 2.24) is 9.97 Å². The van der Waals surface area contributed by atoms with Crippen molar-refractivity contribution >= 4 is 35.7 Å². The Labute approximate surface area is 167 Å². The SMILES string of the molecule is CN(C)c1ccc(/C=C/c2cncc(/C=C/c3ccc(N(C)C)cc3)n2)cc1. The fourth-order valence-electron chi connectivity index (χ4n) is 2.69. The molecule has 142 valence electrons. The lowest BCUT2D eigenvalue weighted by molar-refractivity contribution is 1.13. The molecule has 0 fully saturated rings. The first kappa shape index (κ1) is 19.4. The summed E-state index contributed by atoms with van der Waals surface area (Å²) in [7, 11) is 8.15. The second kappa shape index (κ2) is 9.00. The van der Waals surface area contributed by atoms with E-state index < -0.39 is 0 Å². The third kappa shape index (κ3) is 5.30. The summed E-state index contributed by atoms with van der Waals surface area (Å²) in [6.45, 7) is 0. The molecule has 4 heteroatoms. The van der Waals surface area contributed by atoms with E-state index in [-0.39, 0.29) is 0 Å². The van der Waals surface area contributed by atoms with Crippen LogP contribution in [0.5, 0.6) is 0 Å². The lowest BCUT2D eigenvalue weighted by atomic mass is 10.1. The van der Waals surface area contributed by atoms with Gasteiger partial charge in [0.1, 0.15) is 0 Å². The average Bonchev–Trinajstić information content (AvgIpc) is 2.71. The Morgan fingerprint density at radius 1 is 0.571 bits per heavy atom. The van der Waals surface area contributed by atoms with E-state index in [0.717, 1.165) is 22.5 Å². The first-order valence-electron chi connectivity index (χ1n) is 9.24. The molecular formula is C24H26N4. The standard InChI is InChI=1S/C24H26N4/c1-27(2)23-13-7-19(8-14-23)5-11-21-17-25-18-22(26-21)12-6-20-9-15-24(16-10-20)28(3)4/h5-18H,1-4H3/b11-5+,12-6+. The summed E-state index contributed by atoms with van der Waals surface area (Å²) in [5, 5.41) is 0. The van der Waals surface area contributed by atoms with Gasteiger partial charge in [-0.1, -0.05) is 36.4 Å². The van der Waals surface area contributed by atoms with E-state index >= 15 is 0 Å². The quantitative estimate of drug-likeness (QED) is 0.615. The normalized spacial score (nSPS) is 11.3. The van der Waals surface area contributed by atoms with Crippen molar-refractivity contribution in [3.05, 3.63) is 83.4 Å². The molecule has 1 aromatic heterocycles. The molecule has 0 aliphatic carbocycles. The molecule has 0 atom stereocenters. The highest BCUT2D eigenvalue weighted by atomic mass is 15.1. The Balaban J connectivity index is 1.69. The number of benzene rings is 2. The number of aromatic nitrogens is 2. The van der Waals surface area contributed by atoms with E-state index in [1.54, 1.807) is 12.4 Å². The lowest BCUT2D eigenvalue weighted by Crippen LogP contribution is -2.07. The Morgan fingerprint density at radius 3 is 1.32 bits per heavy atom. The van der Waals surface area contributed by atoms with Gasteiger partial charge in [0.05, 0.1) is 23.8 Å². The van der Waals surface area contributed by atoms with Crippen LogP contribution in [0.15, 0.2) is 60.9 Å². The zero-order valence-corrected chi connectivity index (χ0v) is 16.9. The molecule has 0 radical (unpaired) electrons. The fraction of sp³-hybridized carbons (Fsp3) is 0.167. The first-order chi connectivity index (χ1) is 13.5. The van der Waals surface area contributed by atoms with Crippen LogP contribution < -0.4 is 9.80 Å². The summed E-state index contributed by atoms with van der Waals surface area (Å²) >= 11 is 0. The summed E-state index contributed by atoms with van der Waals surface area (Å²) in [5.41, 5.74) is 6.30. The summed E-state index contributed by atoms with van der Waals surface area (Å²) in [5.74, 6) is 0. The molecule has 0 N–H and O–H groups in total. The molecule has 0 spiro atoms. The Bertz CT molecular complexity index is 876. The fourth-order valence-corrected chi connectivity index (χ4v) is 2.69. The van der Waals surface area contributed by atoms with Crippen molar-refractivity contribution in [1.29, 1.82) is 0 Å². The minimum absolute atomic E-state index is 0.835. The molecule has 4 nitrogen and oxygen atoms in total. The molecule has 0 saturated heterocycles. The molecular weight excluding hydrogens is 344 g/mol. The first-order valence-corrected chi connectivity index (χ1v) is 9.24. The zero-order chi connectivity index (χ0) is 19.9. The Morgan fingerprint density at radius 2 is 0.964 bits per heavy atom. The molecule has 0 saturated carbocycles. The molecule has 1 heterocycles.